The highest BCUT2D eigenvalue weighted by Crippen LogP contribution is 2.07. The van der Waals surface area contributed by atoms with E-state index in [1.54, 1.807) is 13.8 Å². The van der Waals surface area contributed by atoms with E-state index in [4.69, 9.17) is 10.2 Å². The molecule has 0 fully saturated rings. The Hall–Kier alpha value is -1.85. The highest BCUT2D eigenvalue weighted by molar-refractivity contribution is 6.02. The maximum Gasteiger partial charge on any atom is 0.331 e. The second-order valence-electron chi connectivity index (χ2n) is 4.09. The van der Waals surface area contributed by atoms with Crippen LogP contribution in [0.25, 0.3) is 0 Å². The Morgan fingerprint density at radius 1 is 1.00 bits per heavy atom. The fraction of sp³-hybridized carbons (Fsp3) is 0.545. The van der Waals surface area contributed by atoms with Crippen LogP contribution in [0.3, 0.4) is 0 Å². The molecule has 0 aliphatic carbocycles. The number of rotatable bonds is 5. The summed E-state index contributed by atoms with van der Waals surface area (Å²) in [5, 5.41) is 19.9. The van der Waals surface area contributed by atoms with Crippen LogP contribution in [0, 0.1) is 5.92 Å². The maximum atomic E-state index is 11.6. The molecule has 6 nitrogen and oxygen atoms in total. The van der Waals surface area contributed by atoms with E-state index in [-0.39, 0.29) is 17.1 Å². The van der Waals surface area contributed by atoms with E-state index in [9.17, 15) is 14.4 Å². The van der Waals surface area contributed by atoms with Gasteiger partial charge < -0.3 is 15.5 Å². The fourth-order valence-corrected chi connectivity index (χ4v) is 1.09. The average molecular weight is 243 g/mol. The third-order valence-electron chi connectivity index (χ3n) is 2.44. The molecule has 6 heteroatoms. The van der Waals surface area contributed by atoms with Gasteiger partial charge in [-0.25, -0.2) is 9.59 Å². The number of carbonyl (C=O) groups excluding carboxylic acids is 1. The first-order chi connectivity index (χ1) is 7.68. The van der Waals surface area contributed by atoms with Crippen LogP contribution in [-0.2, 0) is 14.4 Å². The Balaban J connectivity index is 4.92. The topological polar surface area (TPSA) is 104 Å². The van der Waals surface area contributed by atoms with E-state index in [1.807, 2.05) is 0 Å². The first-order valence-corrected chi connectivity index (χ1v) is 5.12. The predicted molar refractivity (Wildman–Crippen MR) is 60.4 cm³/mol. The molecule has 3 N–H and O–H groups in total. The number of amides is 1. The first-order valence-electron chi connectivity index (χ1n) is 5.12. The largest absolute Gasteiger partial charge is 0.480 e. The van der Waals surface area contributed by atoms with Gasteiger partial charge in [0.15, 0.2) is 0 Å². The monoisotopic (exact) mass is 243 g/mol. The molecule has 1 amide bonds. The smallest absolute Gasteiger partial charge is 0.331 e. The Morgan fingerprint density at radius 3 is 1.76 bits per heavy atom. The molecule has 0 heterocycles. The van der Waals surface area contributed by atoms with Crippen molar-refractivity contribution in [2.75, 3.05) is 0 Å². The van der Waals surface area contributed by atoms with Crippen LogP contribution in [0.5, 0.6) is 0 Å². The van der Waals surface area contributed by atoms with Crippen molar-refractivity contribution in [1.29, 1.82) is 0 Å². The lowest BCUT2D eigenvalue weighted by Crippen LogP contribution is -2.44. The van der Waals surface area contributed by atoms with Gasteiger partial charge in [-0.15, -0.1) is 0 Å². The average Bonchev–Trinajstić information content (AvgIpc) is 2.22. The molecule has 0 aliphatic rings. The van der Waals surface area contributed by atoms with E-state index >= 15 is 0 Å². The third-order valence-corrected chi connectivity index (χ3v) is 2.44. The molecular weight excluding hydrogens is 226 g/mol. The van der Waals surface area contributed by atoms with Crippen LogP contribution in [0.4, 0.5) is 0 Å². The van der Waals surface area contributed by atoms with E-state index in [0.717, 1.165) is 0 Å². The molecule has 0 bridgehead atoms. The Labute approximate surface area is 99.3 Å². The zero-order valence-electron chi connectivity index (χ0n) is 10.3. The molecule has 0 rings (SSSR count). The van der Waals surface area contributed by atoms with E-state index in [1.165, 1.54) is 13.8 Å². The van der Waals surface area contributed by atoms with E-state index in [2.05, 4.69) is 5.32 Å². The minimum Gasteiger partial charge on any atom is -0.480 e. The summed E-state index contributed by atoms with van der Waals surface area (Å²) in [4.78, 5) is 33.1. The van der Waals surface area contributed by atoms with Crippen molar-refractivity contribution in [2.45, 2.75) is 33.7 Å². The number of hydrogen-bond donors (Lipinski definition) is 3. The van der Waals surface area contributed by atoms with Crippen LogP contribution in [-0.4, -0.2) is 34.1 Å². The van der Waals surface area contributed by atoms with Gasteiger partial charge in [0.25, 0.3) is 0 Å². The van der Waals surface area contributed by atoms with E-state index in [0.29, 0.717) is 0 Å². The van der Waals surface area contributed by atoms with Crippen LogP contribution in [0.15, 0.2) is 11.1 Å². The SMILES string of the molecule is CC(C(=O)O)=C(C)C(=O)NC(C(=O)O)C(C)C. The predicted octanol–water partition coefficient (Wildman–Crippen LogP) is 0.633. The zero-order chi connectivity index (χ0) is 13.7. The molecule has 96 valence electrons. The van der Waals surface area contributed by atoms with Crippen LogP contribution in [0.1, 0.15) is 27.7 Å². The van der Waals surface area contributed by atoms with Gasteiger partial charge in [0.05, 0.1) is 0 Å². The normalized spacial score (nSPS) is 13.9. The van der Waals surface area contributed by atoms with Crippen LogP contribution >= 0.6 is 0 Å². The summed E-state index contributed by atoms with van der Waals surface area (Å²) in [5.74, 6) is -3.30. The van der Waals surface area contributed by atoms with Crippen molar-refractivity contribution >= 4 is 17.8 Å². The fourth-order valence-electron chi connectivity index (χ4n) is 1.09. The highest BCUT2D eigenvalue weighted by Gasteiger charge is 2.24. The summed E-state index contributed by atoms with van der Waals surface area (Å²) in [6, 6.07) is -1.03. The van der Waals surface area contributed by atoms with Gasteiger partial charge in [-0.3, -0.25) is 4.79 Å². The van der Waals surface area contributed by atoms with Crippen molar-refractivity contribution in [2.24, 2.45) is 5.92 Å². The Morgan fingerprint density at radius 2 is 1.47 bits per heavy atom. The summed E-state index contributed by atoms with van der Waals surface area (Å²) in [5.41, 5.74) is -0.0974. The van der Waals surface area contributed by atoms with Crippen molar-refractivity contribution in [1.82, 2.24) is 5.32 Å². The van der Waals surface area contributed by atoms with Gasteiger partial charge in [0, 0.05) is 11.1 Å². The maximum absolute atomic E-state index is 11.6. The molecule has 0 aromatic heterocycles. The minimum absolute atomic E-state index is 0.00407. The lowest BCUT2D eigenvalue weighted by Gasteiger charge is -2.18. The number of nitrogens with one attached hydrogen (secondary N) is 1. The Bertz CT molecular complexity index is 370. The summed E-state index contributed by atoms with van der Waals surface area (Å²) in [7, 11) is 0. The molecular formula is C11H17NO5. The number of carboxylic acids is 2. The van der Waals surface area contributed by atoms with Crippen molar-refractivity contribution in [3.05, 3.63) is 11.1 Å². The van der Waals surface area contributed by atoms with Gasteiger partial charge in [-0.05, 0) is 19.8 Å². The second-order valence-corrected chi connectivity index (χ2v) is 4.09. The molecule has 0 aromatic carbocycles. The summed E-state index contributed by atoms with van der Waals surface area (Å²) < 4.78 is 0. The third kappa shape index (κ3) is 4.26. The lowest BCUT2D eigenvalue weighted by atomic mass is 10.0. The van der Waals surface area contributed by atoms with Crippen molar-refractivity contribution < 1.29 is 24.6 Å². The minimum atomic E-state index is -1.20. The number of carboxylic acid groups (broad SMARTS) is 2. The molecule has 0 saturated carbocycles. The first kappa shape index (κ1) is 15.2. The molecule has 0 saturated heterocycles. The molecule has 17 heavy (non-hydrogen) atoms. The molecule has 0 spiro atoms. The summed E-state index contributed by atoms with van der Waals surface area (Å²) in [6.45, 7) is 5.95. The number of hydrogen-bond acceptors (Lipinski definition) is 3. The van der Waals surface area contributed by atoms with Crippen molar-refractivity contribution in [3.63, 3.8) is 0 Å². The number of aliphatic carboxylic acids is 2. The highest BCUT2D eigenvalue weighted by atomic mass is 16.4. The zero-order valence-corrected chi connectivity index (χ0v) is 10.3. The lowest BCUT2D eigenvalue weighted by molar-refractivity contribution is -0.142. The quantitative estimate of drug-likeness (QED) is 0.614. The molecule has 0 radical (unpaired) electrons. The summed E-state index contributed by atoms with van der Waals surface area (Å²) >= 11 is 0. The van der Waals surface area contributed by atoms with Gasteiger partial charge in [0.1, 0.15) is 6.04 Å². The van der Waals surface area contributed by atoms with Gasteiger partial charge in [-0.1, -0.05) is 13.8 Å². The van der Waals surface area contributed by atoms with Gasteiger partial charge in [-0.2, -0.15) is 0 Å². The Kier molecular flexibility index (Phi) is 5.37. The van der Waals surface area contributed by atoms with Gasteiger partial charge >= 0.3 is 11.9 Å². The second kappa shape index (κ2) is 6.03. The standard InChI is InChI=1S/C11H17NO5/c1-5(2)8(11(16)17)12-9(13)6(3)7(4)10(14)15/h5,8H,1-4H3,(H,12,13)(H,14,15)(H,16,17). The van der Waals surface area contributed by atoms with Crippen LogP contribution < -0.4 is 5.32 Å². The summed E-state index contributed by atoms with van der Waals surface area (Å²) in [6.07, 6.45) is 0. The number of carbonyl (C=O) groups is 3. The van der Waals surface area contributed by atoms with E-state index < -0.39 is 23.9 Å². The molecule has 1 unspecified atom stereocenters. The van der Waals surface area contributed by atoms with Crippen LogP contribution in [0.2, 0.25) is 0 Å². The molecule has 0 aromatic rings. The van der Waals surface area contributed by atoms with Crippen molar-refractivity contribution in [3.8, 4) is 0 Å². The molecule has 1 atom stereocenters. The molecule has 0 aliphatic heterocycles. The van der Waals surface area contributed by atoms with Gasteiger partial charge in [0.2, 0.25) is 5.91 Å².